The number of hydrogen-bond donors (Lipinski definition) is 0. The zero-order valence-electron chi connectivity index (χ0n) is 9.63. The van der Waals surface area contributed by atoms with E-state index >= 15 is 0 Å². The zero-order valence-corrected chi connectivity index (χ0v) is 9.63. The Kier molecular flexibility index (Phi) is 6.74. The van der Waals surface area contributed by atoms with Crippen LogP contribution in [0.2, 0.25) is 0 Å². The van der Waals surface area contributed by atoms with E-state index in [-0.39, 0.29) is 5.97 Å². The highest BCUT2D eigenvalue weighted by molar-refractivity contribution is 5.89. The van der Waals surface area contributed by atoms with Gasteiger partial charge < -0.3 is 4.74 Å². The van der Waals surface area contributed by atoms with Crippen molar-refractivity contribution in [2.24, 2.45) is 0 Å². The van der Waals surface area contributed by atoms with E-state index in [9.17, 15) is 4.79 Å². The van der Waals surface area contributed by atoms with Crippen LogP contribution in [0.5, 0.6) is 0 Å². The Bertz CT molecular complexity index is 352. The maximum atomic E-state index is 11.0. The molecule has 0 amide bonds. The number of rotatable bonds is 1. The third kappa shape index (κ3) is 4.33. The van der Waals surface area contributed by atoms with Crippen molar-refractivity contribution >= 4 is 5.97 Å². The van der Waals surface area contributed by atoms with Crippen LogP contribution in [0, 0.1) is 11.8 Å². The Hall–Kier alpha value is -1.75. The summed E-state index contributed by atoms with van der Waals surface area (Å²) in [6, 6.07) is 6.99. The van der Waals surface area contributed by atoms with Crippen LogP contribution >= 0.6 is 0 Å². The molecule has 0 unspecified atom stereocenters. The van der Waals surface area contributed by atoms with Gasteiger partial charge in [-0.15, -0.1) is 5.92 Å². The predicted octanol–water partition coefficient (Wildman–Crippen LogP) is 2.87. The summed E-state index contributed by atoms with van der Waals surface area (Å²) in [6.45, 7) is 5.77. The van der Waals surface area contributed by atoms with E-state index in [1.165, 1.54) is 7.11 Å². The van der Waals surface area contributed by atoms with Crippen LogP contribution in [0.15, 0.2) is 24.3 Å². The second-order valence-electron chi connectivity index (χ2n) is 2.44. The molecule has 0 heterocycles. The molecule has 2 nitrogen and oxygen atoms in total. The third-order valence-corrected chi connectivity index (χ3v) is 1.58. The molecule has 0 aromatic heterocycles. The van der Waals surface area contributed by atoms with Gasteiger partial charge in [0.25, 0.3) is 0 Å². The van der Waals surface area contributed by atoms with E-state index in [0.717, 1.165) is 5.56 Å². The quantitative estimate of drug-likeness (QED) is 0.519. The number of hydrogen-bond acceptors (Lipinski definition) is 2. The lowest BCUT2D eigenvalue weighted by Gasteiger charge is -1.97. The largest absolute Gasteiger partial charge is 0.465 e. The average molecular weight is 204 g/mol. The van der Waals surface area contributed by atoms with Crippen molar-refractivity contribution in [3.63, 3.8) is 0 Å². The van der Waals surface area contributed by atoms with E-state index in [4.69, 9.17) is 0 Å². The first-order chi connectivity index (χ1) is 7.27. The van der Waals surface area contributed by atoms with E-state index in [2.05, 4.69) is 16.6 Å². The van der Waals surface area contributed by atoms with Gasteiger partial charge in [-0.05, 0) is 31.2 Å². The van der Waals surface area contributed by atoms with Crippen LogP contribution in [0.25, 0.3) is 0 Å². The summed E-state index contributed by atoms with van der Waals surface area (Å²) in [5.41, 5.74) is 1.44. The zero-order chi connectivity index (χ0) is 11.7. The summed E-state index contributed by atoms with van der Waals surface area (Å²) in [4.78, 5) is 11.0. The molecular weight excluding hydrogens is 188 g/mol. The number of methoxy groups -OCH3 is 1. The van der Waals surface area contributed by atoms with Gasteiger partial charge in [0.2, 0.25) is 0 Å². The standard InChI is InChI=1S/C11H10O2.C2H6/c1-3-4-9-5-7-10(8-6-9)11(12)13-2;1-2/h5-8H,1-2H3;1-2H3. The smallest absolute Gasteiger partial charge is 0.337 e. The SMILES string of the molecule is CC.CC#Cc1ccc(C(=O)OC)cc1. The molecule has 0 radical (unpaired) electrons. The molecule has 1 aromatic carbocycles. The van der Waals surface area contributed by atoms with Crippen LogP contribution in [-0.4, -0.2) is 13.1 Å². The fourth-order valence-electron chi connectivity index (χ4n) is 0.952. The van der Waals surface area contributed by atoms with Crippen LogP contribution < -0.4 is 0 Å². The number of ether oxygens (including phenoxy) is 1. The van der Waals surface area contributed by atoms with E-state index < -0.39 is 0 Å². The highest BCUT2D eigenvalue weighted by Gasteiger charge is 2.02. The van der Waals surface area contributed by atoms with Gasteiger partial charge in [-0.3, -0.25) is 0 Å². The lowest BCUT2D eigenvalue weighted by molar-refractivity contribution is 0.0601. The Morgan fingerprint density at radius 2 is 1.73 bits per heavy atom. The lowest BCUT2D eigenvalue weighted by Crippen LogP contribution is -2.00. The fraction of sp³-hybridized carbons (Fsp3) is 0.308. The second kappa shape index (κ2) is 7.64. The molecule has 2 heteroatoms. The van der Waals surface area contributed by atoms with Crippen molar-refractivity contribution in [1.82, 2.24) is 0 Å². The third-order valence-electron chi connectivity index (χ3n) is 1.58. The number of carbonyl (C=O) groups excluding carboxylic acids is 1. The molecule has 0 atom stereocenters. The predicted molar refractivity (Wildman–Crippen MR) is 61.7 cm³/mol. The lowest BCUT2D eigenvalue weighted by atomic mass is 10.1. The van der Waals surface area contributed by atoms with Crippen molar-refractivity contribution in [1.29, 1.82) is 0 Å². The van der Waals surface area contributed by atoms with Gasteiger partial charge in [0.1, 0.15) is 0 Å². The Morgan fingerprint density at radius 3 is 2.13 bits per heavy atom. The fourth-order valence-corrected chi connectivity index (χ4v) is 0.952. The van der Waals surface area contributed by atoms with Gasteiger partial charge in [-0.1, -0.05) is 19.8 Å². The topological polar surface area (TPSA) is 26.3 Å². The minimum atomic E-state index is -0.323. The number of carbonyl (C=O) groups is 1. The molecule has 0 fully saturated rings. The van der Waals surface area contributed by atoms with Crippen LogP contribution in [0.4, 0.5) is 0 Å². The van der Waals surface area contributed by atoms with Gasteiger partial charge in [0.05, 0.1) is 12.7 Å². The first kappa shape index (κ1) is 13.2. The molecule has 0 aliphatic heterocycles. The van der Waals surface area contributed by atoms with Gasteiger partial charge >= 0.3 is 5.97 Å². The summed E-state index contributed by atoms with van der Waals surface area (Å²) in [5.74, 6) is 5.35. The monoisotopic (exact) mass is 204 g/mol. The second-order valence-corrected chi connectivity index (χ2v) is 2.44. The molecule has 0 N–H and O–H groups in total. The van der Waals surface area contributed by atoms with Crippen LogP contribution in [0.1, 0.15) is 36.7 Å². The number of esters is 1. The van der Waals surface area contributed by atoms with Crippen molar-refractivity contribution in [2.45, 2.75) is 20.8 Å². The Morgan fingerprint density at radius 1 is 1.20 bits per heavy atom. The molecule has 1 aromatic rings. The maximum Gasteiger partial charge on any atom is 0.337 e. The molecular formula is C13H16O2. The molecule has 0 aliphatic rings. The molecule has 0 saturated heterocycles. The first-order valence-corrected chi connectivity index (χ1v) is 4.89. The molecule has 15 heavy (non-hydrogen) atoms. The number of benzene rings is 1. The van der Waals surface area contributed by atoms with Gasteiger partial charge in [-0.25, -0.2) is 4.79 Å². The van der Waals surface area contributed by atoms with E-state index in [1.54, 1.807) is 31.2 Å². The van der Waals surface area contributed by atoms with E-state index in [1.807, 2.05) is 13.8 Å². The van der Waals surface area contributed by atoms with Crippen molar-refractivity contribution in [3.05, 3.63) is 35.4 Å². The summed E-state index contributed by atoms with van der Waals surface area (Å²) in [5, 5.41) is 0. The molecule has 80 valence electrons. The minimum Gasteiger partial charge on any atom is -0.465 e. The van der Waals surface area contributed by atoms with Crippen molar-refractivity contribution in [3.8, 4) is 11.8 Å². The molecule has 1 rings (SSSR count). The normalized spacial score (nSPS) is 7.73. The van der Waals surface area contributed by atoms with Gasteiger partial charge in [0, 0.05) is 5.56 Å². The van der Waals surface area contributed by atoms with Crippen LogP contribution in [-0.2, 0) is 4.74 Å². The summed E-state index contributed by atoms with van der Waals surface area (Å²) >= 11 is 0. The molecule has 0 bridgehead atoms. The molecule has 0 saturated carbocycles. The molecule has 0 aliphatic carbocycles. The Balaban J connectivity index is 0.000000921. The van der Waals surface area contributed by atoms with Gasteiger partial charge in [-0.2, -0.15) is 0 Å². The average Bonchev–Trinajstić information content (AvgIpc) is 2.32. The minimum absolute atomic E-state index is 0.323. The molecule has 0 spiro atoms. The maximum absolute atomic E-state index is 11.0. The van der Waals surface area contributed by atoms with Crippen molar-refractivity contribution in [2.75, 3.05) is 7.11 Å². The summed E-state index contributed by atoms with van der Waals surface area (Å²) < 4.78 is 4.56. The van der Waals surface area contributed by atoms with Crippen LogP contribution in [0.3, 0.4) is 0 Å². The van der Waals surface area contributed by atoms with E-state index in [0.29, 0.717) is 5.56 Å². The van der Waals surface area contributed by atoms with Gasteiger partial charge in [0.15, 0.2) is 0 Å². The Labute approximate surface area is 91.3 Å². The summed E-state index contributed by atoms with van der Waals surface area (Å²) in [6.07, 6.45) is 0. The highest BCUT2D eigenvalue weighted by atomic mass is 16.5. The highest BCUT2D eigenvalue weighted by Crippen LogP contribution is 2.04. The first-order valence-electron chi connectivity index (χ1n) is 4.89. The summed E-state index contributed by atoms with van der Waals surface area (Å²) in [7, 11) is 1.36. The van der Waals surface area contributed by atoms with Crippen molar-refractivity contribution < 1.29 is 9.53 Å².